The number of amides is 4. The van der Waals surface area contributed by atoms with E-state index in [1.807, 2.05) is 0 Å². The molecule has 17 heavy (non-hydrogen) atoms. The molecule has 0 radical (unpaired) electrons. The first-order valence-corrected chi connectivity index (χ1v) is 5.34. The standard InChI is InChI=1S/C11H18N2O4/c1-10(2,17-5)6-13-8(15)11(3,4)7(14)12-9(13)16/h6H2,1-5H3,(H,12,14,16). The molecule has 0 aromatic rings. The summed E-state index contributed by atoms with van der Waals surface area (Å²) in [5, 5.41) is 2.17. The summed E-state index contributed by atoms with van der Waals surface area (Å²) in [5.74, 6) is -1.07. The summed E-state index contributed by atoms with van der Waals surface area (Å²) in [7, 11) is 1.50. The number of ether oxygens (including phenoxy) is 1. The number of imide groups is 2. The van der Waals surface area contributed by atoms with Crippen molar-refractivity contribution in [2.75, 3.05) is 13.7 Å². The third-order valence-electron chi connectivity index (χ3n) is 2.90. The summed E-state index contributed by atoms with van der Waals surface area (Å²) in [4.78, 5) is 36.2. The van der Waals surface area contributed by atoms with Gasteiger partial charge in [-0.05, 0) is 27.7 Å². The van der Waals surface area contributed by atoms with Crippen molar-refractivity contribution >= 4 is 17.8 Å². The molecular weight excluding hydrogens is 224 g/mol. The molecule has 0 aromatic heterocycles. The Morgan fingerprint density at radius 2 is 1.82 bits per heavy atom. The van der Waals surface area contributed by atoms with Crippen LogP contribution in [0, 0.1) is 5.41 Å². The predicted molar refractivity (Wildman–Crippen MR) is 60.1 cm³/mol. The summed E-state index contributed by atoms with van der Waals surface area (Å²) >= 11 is 0. The Morgan fingerprint density at radius 1 is 1.29 bits per heavy atom. The fraction of sp³-hybridized carbons (Fsp3) is 0.727. The van der Waals surface area contributed by atoms with E-state index in [0.29, 0.717) is 0 Å². The second-order valence-electron chi connectivity index (χ2n) is 5.24. The second-order valence-corrected chi connectivity index (χ2v) is 5.24. The summed E-state index contributed by atoms with van der Waals surface area (Å²) < 4.78 is 5.17. The molecule has 0 unspecified atom stereocenters. The Labute approximate surface area is 100 Å². The highest BCUT2D eigenvalue weighted by Gasteiger charge is 2.48. The van der Waals surface area contributed by atoms with E-state index in [1.54, 1.807) is 13.8 Å². The number of hydrogen-bond acceptors (Lipinski definition) is 4. The quantitative estimate of drug-likeness (QED) is 0.732. The number of hydrogen-bond donors (Lipinski definition) is 1. The van der Waals surface area contributed by atoms with Crippen molar-refractivity contribution in [2.24, 2.45) is 5.41 Å². The van der Waals surface area contributed by atoms with Gasteiger partial charge in [0.1, 0.15) is 5.41 Å². The van der Waals surface area contributed by atoms with Gasteiger partial charge in [-0.1, -0.05) is 0 Å². The molecule has 96 valence electrons. The molecule has 6 nitrogen and oxygen atoms in total. The normalized spacial score (nSPS) is 20.5. The molecule has 1 aliphatic heterocycles. The molecule has 0 saturated carbocycles. The van der Waals surface area contributed by atoms with E-state index in [4.69, 9.17) is 4.74 Å². The molecule has 4 amide bonds. The van der Waals surface area contributed by atoms with Crippen molar-refractivity contribution in [3.8, 4) is 0 Å². The van der Waals surface area contributed by atoms with Crippen molar-refractivity contribution in [3.63, 3.8) is 0 Å². The van der Waals surface area contributed by atoms with Crippen molar-refractivity contribution in [1.29, 1.82) is 0 Å². The summed E-state index contributed by atoms with van der Waals surface area (Å²) in [6, 6.07) is -0.690. The number of barbiturate groups is 1. The highest BCUT2D eigenvalue weighted by molar-refractivity contribution is 6.18. The molecule has 1 N–H and O–H groups in total. The molecule has 6 heteroatoms. The highest BCUT2D eigenvalue weighted by atomic mass is 16.5. The lowest BCUT2D eigenvalue weighted by molar-refractivity contribution is -0.151. The van der Waals surface area contributed by atoms with Crippen LogP contribution >= 0.6 is 0 Å². The van der Waals surface area contributed by atoms with Crippen LogP contribution in [-0.4, -0.2) is 42.0 Å². The van der Waals surface area contributed by atoms with Crippen molar-refractivity contribution in [3.05, 3.63) is 0 Å². The zero-order chi connectivity index (χ0) is 13.4. The Hall–Kier alpha value is -1.43. The van der Waals surface area contributed by atoms with Gasteiger partial charge in [0.15, 0.2) is 0 Å². The lowest BCUT2D eigenvalue weighted by Crippen LogP contribution is -2.64. The van der Waals surface area contributed by atoms with Gasteiger partial charge >= 0.3 is 6.03 Å². The van der Waals surface area contributed by atoms with Gasteiger partial charge in [-0.15, -0.1) is 0 Å². The average Bonchev–Trinajstić information content (AvgIpc) is 2.23. The number of rotatable bonds is 3. The van der Waals surface area contributed by atoms with Crippen molar-refractivity contribution < 1.29 is 19.1 Å². The van der Waals surface area contributed by atoms with E-state index in [9.17, 15) is 14.4 Å². The monoisotopic (exact) mass is 242 g/mol. The molecule has 1 fully saturated rings. The number of carbonyl (C=O) groups excluding carboxylic acids is 3. The molecule has 1 saturated heterocycles. The topological polar surface area (TPSA) is 75.7 Å². The second kappa shape index (κ2) is 4.10. The van der Waals surface area contributed by atoms with E-state index >= 15 is 0 Å². The van der Waals surface area contributed by atoms with Crippen LogP contribution in [0.5, 0.6) is 0 Å². The number of carbonyl (C=O) groups is 3. The zero-order valence-corrected chi connectivity index (χ0v) is 10.8. The SMILES string of the molecule is COC(C)(C)CN1C(=O)NC(=O)C(C)(C)C1=O. The molecule has 1 rings (SSSR count). The Bertz CT molecular complexity index is 374. The lowest BCUT2D eigenvalue weighted by Gasteiger charge is -2.38. The maximum Gasteiger partial charge on any atom is 0.330 e. The molecule has 0 atom stereocenters. The van der Waals surface area contributed by atoms with E-state index in [0.717, 1.165) is 4.90 Å². The van der Waals surface area contributed by atoms with Crippen LogP contribution < -0.4 is 5.32 Å². The first-order chi connectivity index (χ1) is 7.62. The third-order valence-corrected chi connectivity index (χ3v) is 2.90. The fourth-order valence-electron chi connectivity index (χ4n) is 1.44. The number of nitrogens with one attached hydrogen (secondary N) is 1. The van der Waals surface area contributed by atoms with Gasteiger partial charge in [-0.3, -0.25) is 19.8 Å². The Kier molecular flexibility index (Phi) is 3.29. The first-order valence-electron chi connectivity index (χ1n) is 5.34. The van der Waals surface area contributed by atoms with Crippen LogP contribution in [-0.2, 0) is 14.3 Å². The summed E-state index contributed by atoms with van der Waals surface area (Å²) in [6.45, 7) is 6.60. The van der Waals surface area contributed by atoms with Crippen molar-refractivity contribution in [1.82, 2.24) is 10.2 Å². The minimum absolute atomic E-state index is 0.102. The minimum Gasteiger partial charge on any atom is -0.377 e. The smallest absolute Gasteiger partial charge is 0.330 e. The fourth-order valence-corrected chi connectivity index (χ4v) is 1.44. The van der Waals surface area contributed by atoms with E-state index in [2.05, 4.69) is 5.32 Å². The average molecular weight is 242 g/mol. The first kappa shape index (κ1) is 13.6. The van der Waals surface area contributed by atoms with Gasteiger partial charge in [0.25, 0.3) is 0 Å². The third kappa shape index (κ3) is 2.46. The summed E-state index contributed by atoms with van der Waals surface area (Å²) in [5.41, 5.74) is -1.87. The van der Waals surface area contributed by atoms with Gasteiger partial charge in [0.2, 0.25) is 11.8 Å². The molecule has 1 heterocycles. The van der Waals surface area contributed by atoms with Gasteiger partial charge < -0.3 is 4.74 Å². The molecule has 0 bridgehead atoms. The largest absolute Gasteiger partial charge is 0.377 e. The number of urea groups is 1. The number of methoxy groups -OCH3 is 1. The zero-order valence-electron chi connectivity index (χ0n) is 10.8. The van der Waals surface area contributed by atoms with Gasteiger partial charge in [0, 0.05) is 7.11 Å². The van der Waals surface area contributed by atoms with Crippen LogP contribution in [0.25, 0.3) is 0 Å². The Balaban J connectivity index is 2.96. The van der Waals surface area contributed by atoms with Gasteiger partial charge in [0.05, 0.1) is 12.1 Å². The van der Waals surface area contributed by atoms with E-state index in [-0.39, 0.29) is 6.54 Å². The molecular formula is C11H18N2O4. The van der Waals surface area contributed by atoms with Crippen LogP contribution in [0.3, 0.4) is 0 Å². The molecule has 1 aliphatic rings. The predicted octanol–water partition coefficient (Wildman–Crippen LogP) is 0.516. The van der Waals surface area contributed by atoms with Crippen LogP contribution in [0.4, 0.5) is 4.79 Å². The van der Waals surface area contributed by atoms with Gasteiger partial charge in [-0.25, -0.2) is 4.79 Å². The number of nitrogens with zero attached hydrogens (tertiary/aromatic N) is 1. The maximum atomic E-state index is 12.1. The lowest BCUT2D eigenvalue weighted by atomic mass is 9.88. The van der Waals surface area contributed by atoms with Crippen LogP contribution in [0.15, 0.2) is 0 Å². The van der Waals surface area contributed by atoms with E-state index < -0.39 is 28.9 Å². The minimum atomic E-state index is -1.22. The van der Waals surface area contributed by atoms with Crippen LogP contribution in [0.2, 0.25) is 0 Å². The maximum absolute atomic E-state index is 12.1. The summed E-state index contributed by atoms with van der Waals surface area (Å²) in [6.07, 6.45) is 0. The molecule has 0 aliphatic carbocycles. The molecule has 0 spiro atoms. The van der Waals surface area contributed by atoms with Crippen molar-refractivity contribution in [2.45, 2.75) is 33.3 Å². The van der Waals surface area contributed by atoms with Gasteiger partial charge in [-0.2, -0.15) is 0 Å². The highest BCUT2D eigenvalue weighted by Crippen LogP contribution is 2.25. The Morgan fingerprint density at radius 3 is 2.29 bits per heavy atom. The molecule has 0 aromatic carbocycles. The van der Waals surface area contributed by atoms with Crippen LogP contribution in [0.1, 0.15) is 27.7 Å². The van der Waals surface area contributed by atoms with E-state index in [1.165, 1.54) is 21.0 Å².